The van der Waals surface area contributed by atoms with Crippen LogP contribution in [0.3, 0.4) is 0 Å². The zero-order valence-electron chi connectivity index (χ0n) is 14.8. The van der Waals surface area contributed by atoms with E-state index in [4.69, 9.17) is 9.47 Å². The summed E-state index contributed by atoms with van der Waals surface area (Å²) in [6, 6.07) is 0. The van der Waals surface area contributed by atoms with Crippen molar-refractivity contribution in [1.82, 2.24) is 0 Å². The van der Waals surface area contributed by atoms with E-state index in [0.717, 1.165) is 25.7 Å². The van der Waals surface area contributed by atoms with Crippen molar-refractivity contribution in [2.75, 3.05) is 13.2 Å². The number of hydrogen-bond donors (Lipinski definition) is 0. The van der Waals surface area contributed by atoms with Crippen LogP contribution in [0.1, 0.15) is 67.2 Å². The fraction of sp³-hybridized carbons (Fsp3) is 0.875. The number of rotatable bonds is 10. The van der Waals surface area contributed by atoms with Gasteiger partial charge in [-0.15, -0.1) is 0 Å². The quantitative estimate of drug-likeness (QED) is 0.455. The lowest BCUT2D eigenvalue weighted by Crippen LogP contribution is -2.33. The molecule has 0 spiro atoms. The van der Waals surface area contributed by atoms with E-state index in [0.29, 0.717) is 0 Å². The molecule has 0 heterocycles. The summed E-state index contributed by atoms with van der Waals surface area (Å²) in [5, 5.41) is 8.88. The van der Waals surface area contributed by atoms with E-state index in [1.54, 1.807) is 0 Å². The summed E-state index contributed by atoms with van der Waals surface area (Å²) in [5.74, 6) is -0.650. The minimum Gasteiger partial charge on any atom is -0.463 e. The van der Waals surface area contributed by atoms with Crippen LogP contribution in [0.15, 0.2) is 10.2 Å². The highest BCUT2D eigenvalue weighted by Gasteiger charge is 2.29. The van der Waals surface area contributed by atoms with E-state index >= 15 is 0 Å². The highest BCUT2D eigenvalue weighted by Crippen LogP contribution is 2.25. The highest BCUT2D eigenvalue weighted by atomic mass is 16.5. The predicted molar refractivity (Wildman–Crippen MR) is 84.7 cm³/mol. The van der Waals surface area contributed by atoms with Crippen molar-refractivity contribution in [2.24, 2.45) is 10.2 Å². The Labute approximate surface area is 133 Å². The molecule has 0 aliphatic carbocycles. The van der Waals surface area contributed by atoms with Crippen LogP contribution >= 0.6 is 0 Å². The molecule has 0 fully saturated rings. The number of ether oxygens (including phenoxy) is 2. The molecule has 6 heteroatoms. The Bertz CT molecular complexity index is 362. The van der Waals surface area contributed by atoms with E-state index in [2.05, 4.69) is 10.2 Å². The summed E-state index contributed by atoms with van der Waals surface area (Å²) >= 11 is 0. The maximum absolute atomic E-state index is 11.0. The number of nitrogens with zero attached hydrogens (tertiary/aromatic N) is 2. The Morgan fingerprint density at radius 3 is 1.36 bits per heavy atom. The van der Waals surface area contributed by atoms with Gasteiger partial charge in [0.2, 0.25) is 0 Å². The molecule has 0 aromatic heterocycles. The van der Waals surface area contributed by atoms with Crippen LogP contribution < -0.4 is 0 Å². The number of carbonyl (C=O) groups is 2. The monoisotopic (exact) mass is 314 g/mol. The molecule has 6 nitrogen and oxygen atoms in total. The molecule has 22 heavy (non-hydrogen) atoms. The normalized spacial score (nSPS) is 16.8. The first kappa shape index (κ1) is 20.5. The van der Waals surface area contributed by atoms with Crippen LogP contribution in [0.5, 0.6) is 0 Å². The van der Waals surface area contributed by atoms with Crippen LogP contribution in [0.25, 0.3) is 0 Å². The molecule has 0 aromatic carbocycles. The van der Waals surface area contributed by atoms with Gasteiger partial charge in [0.05, 0.1) is 0 Å². The second kappa shape index (κ2) is 9.54. The Morgan fingerprint density at radius 1 is 0.818 bits per heavy atom. The standard InChI is InChI=1S/C16H30N2O4/c1-7-9-15(5,11-21-13(3)19)17-18-16(6,10-8-2)12-22-14(4)20/h7-12H2,1-6H3. The van der Waals surface area contributed by atoms with Gasteiger partial charge in [-0.1, -0.05) is 26.7 Å². The van der Waals surface area contributed by atoms with E-state index in [1.807, 2.05) is 27.7 Å². The third kappa shape index (κ3) is 8.74. The van der Waals surface area contributed by atoms with Crippen LogP contribution in [0.4, 0.5) is 0 Å². The Balaban J connectivity index is 5.03. The van der Waals surface area contributed by atoms with Gasteiger partial charge in [0, 0.05) is 13.8 Å². The van der Waals surface area contributed by atoms with Crippen LogP contribution in [0.2, 0.25) is 0 Å². The molecule has 2 atom stereocenters. The summed E-state index contributed by atoms with van der Waals surface area (Å²) in [6.45, 7) is 11.1. The molecule has 0 amide bonds. The van der Waals surface area contributed by atoms with Crippen molar-refractivity contribution in [3.05, 3.63) is 0 Å². The van der Waals surface area contributed by atoms with E-state index < -0.39 is 11.1 Å². The van der Waals surface area contributed by atoms with Crippen LogP contribution in [0, 0.1) is 0 Å². The number of azo groups is 1. The van der Waals surface area contributed by atoms with Crippen molar-refractivity contribution >= 4 is 11.9 Å². The molecular formula is C16H30N2O4. The number of carbonyl (C=O) groups excluding carboxylic acids is 2. The molecule has 2 unspecified atom stereocenters. The predicted octanol–water partition coefficient (Wildman–Crippen LogP) is 3.68. The molecule has 0 radical (unpaired) electrons. The summed E-state index contributed by atoms with van der Waals surface area (Å²) in [7, 11) is 0. The zero-order chi connectivity index (χ0) is 17.2. The molecule has 0 saturated carbocycles. The molecule has 0 aromatic rings. The van der Waals surface area contributed by atoms with Crippen molar-refractivity contribution in [3.63, 3.8) is 0 Å². The molecular weight excluding hydrogens is 284 g/mol. The first-order valence-electron chi connectivity index (χ1n) is 7.87. The van der Waals surface area contributed by atoms with Crippen molar-refractivity contribution in [2.45, 2.75) is 78.3 Å². The Morgan fingerprint density at radius 2 is 1.14 bits per heavy atom. The van der Waals surface area contributed by atoms with Crippen LogP contribution in [-0.2, 0) is 19.1 Å². The second-order valence-electron chi connectivity index (χ2n) is 6.25. The second-order valence-corrected chi connectivity index (χ2v) is 6.25. The summed E-state index contributed by atoms with van der Waals surface area (Å²) in [4.78, 5) is 22.0. The van der Waals surface area contributed by atoms with E-state index in [-0.39, 0.29) is 25.2 Å². The zero-order valence-corrected chi connectivity index (χ0v) is 14.8. The lowest BCUT2D eigenvalue weighted by atomic mass is 9.97. The van der Waals surface area contributed by atoms with Gasteiger partial charge >= 0.3 is 11.9 Å². The fourth-order valence-electron chi connectivity index (χ4n) is 2.13. The molecule has 0 N–H and O–H groups in total. The Hall–Kier alpha value is -1.46. The molecule has 128 valence electrons. The van der Waals surface area contributed by atoms with Gasteiger partial charge in [-0.3, -0.25) is 9.59 Å². The number of hydrogen-bond acceptors (Lipinski definition) is 6. The summed E-state index contributed by atoms with van der Waals surface area (Å²) in [5.41, 5.74) is -1.10. The highest BCUT2D eigenvalue weighted by molar-refractivity contribution is 5.66. The fourth-order valence-corrected chi connectivity index (χ4v) is 2.13. The maximum Gasteiger partial charge on any atom is 0.302 e. The van der Waals surface area contributed by atoms with Gasteiger partial charge in [-0.2, -0.15) is 10.2 Å². The summed E-state index contributed by atoms with van der Waals surface area (Å²) in [6.07, 6.45) is 3.34. The van der Waals surface area contributed by atoms with Gasteiger partial charge in [0.15, 0.2) is 0 Å². The minimum atomic E-state index is -0.550. The maximum atomic E-state index is 11.0. The SMILES string of the molecule is CCCC(C)(COC(C)=O)N=NC(C)(CCC)COC(C)=O. The topological polar surface area (TPSA) is 77.3 Å². The lowest BCUT2D eigenvalue weighted by Gasteiger charge is -2.27. The first-order chi connectivity index (χ1) is 10.2. The van der Waals surface area contributed by atoms with Crippen molar-refractivity contribution in [1.29, 1.82) is 0 Å². The number of esters is 2. The van der Waals surface area contributed by atoms with E-state index in [9.17, 15) is 9.59 Å². The van der Waals surface area contributed by atoms with E-state index in [1.165, 1.54) is 13.8 Å². The molecule has 0 aliphatic heterocycles. The molecule has 0 aliphatic rings. The van der Waals surface area contributed by atoms with Gasteiger partial charge in [-0.25, -0.2) is 0 Å². The van der Waals surface area contributed by atoms with Crippen molar-refractivity contribution < 1.29 is 19.1 Å². The minimum absolute atomic E-state index is 0.204. The van der Waals surface area contributed by atoms with Gasteiger partial charge in [0.25, 0.3) is 0 Å². The molecule has 0 bridgehead atoms. The van der Waals surface area contributed by atoms with Gasteiger partial charge < -0.3 is 9.47 Å². The van der Waals surface area contributed by atoms with Crippen LogP contribution in [-0.4, -0.2) is 36.2 Å². The average Bonchev–Trinajstić information content (AvgIpc) is 2.42. The van der Waals surface area contributed by atoms with Gasteiger partial charge in [0.1, 0.15) is 24.3 Å². The smallest absolute Gasteiger partial charge is 0.302 e. The average molecular weight is 314 g/mol. The third-order valence-corrected chi connectivity index (χ3v) is 3.28. The molecule has 0 saturated heterocycles. The third-order valence-electron chi connectivity index (χ3n) is 3.28. The largest absolute Gasteiger partial charge is 0.463 e. The Kier molecular flexibility index (Phi) is 8.90. The molecule has 0 rings (SSSR count). The summed E-state index contributed by atoms with van der Waals surface area (Å²) < 4.78 is 10.2. The van der Waals surface area contributed by atoms with Gasteiger partial charge in [-0.05, 0) is 26.7 Å². The lowest BCUT2D eigenvalue weighted by molar-refractivity contribution is -0.144. The van der Waals surface area contributed by atoms with Crippen molar-refractivity contribution in [3.8, 4) is 0 Å². The first-order valence-corrected chi connectivity index (χ1v) is 7.87.